The molecule has 1 unspecified atom stereocenters. The van der Waals surface area contributed by atoms with Crippen molar-refractivity contribution >= 4 is 22.7 Å². The summed E-state index contributed by atoms with van der Waals surface area (Å²) in [7, 11) is 1.32. The molecule has 1 aromatic heterocycles. The molecule has 0 saturated heterocycles. The van der Waals surface area contributed by atoms with Gasteiger partial charge in [-0.1, -0.05) is 0 Å². The summed E-state index contributed by atoms with van der Waals surface area (Å²) >= 11 is 0. The van der Waals surface area contributed by atoms with Gasteiger partial charge >= 0.3 is 6.09 Å². The van der Waals surface area contributed by atoms with Crippen molar-refractivity contribution in [2.24, 2.45) is 0 Å². The summed E-state index contributed by atoms with van der Waals surface area (Å²) in [5.74, 6) is 0. The summed E-state index contributed by atoms with van der Waals surface area (Å²) in [5.41, 5.74) is 3.34. The fourth-order valence-corrected chi connectivity index (χ4v) is 2.13. The summed E-state index contributed by atoms with van der Waals surface area (Å²) < 4.78 is 4.54. The molecule has 96 valence electrons. The molecule has 5 heteroatoms. The molecule has 2 aromatic rings. The van der Waals surface area contributed by atoms with Gasteiger partial charge in [0.1, 0.15) is 0 Å². The Morgan fingerprint density at radius 2 is 2.22 bits per heavy atom. The number of methoxy groups -OCH3 is 1. The number of hydrogen-bond acceptors (Lipinski definition) is 3. The van der Waals surface area contributed by atoms with E-state index in [0.29, 0.717) is 5.69 Å². The SMILES string of the molecule is COC(=O)Nc1ccc2[nH]c(C)c(C(C)O)c2c1. The monoisotopic (exact) mass is 248 g/mol. The number of aliphatic hydroxyl groups is 1. The van der Waals surface area contributed by atoms with Crippen molar-refractivity contribution < 1.29 is 14.6 Å². The van der Waals surface area contributed by atoms with Gasteiger partial charge in [0.2, 0.25) is 0 Å². The van der Waals surface area contributed by atoms with Crippen molar-refractivity contribution in [1.29, 1.82) is 0 Å². The van der Waals surface area contributed by atoms with Crippen LogP contribution in [0.1, 0.15) is 24.3 Å². The van der Waals surface area contributed by atoms with E-state index < -0.39 is 12.2 Å². The smallest absolute Gasteiger partial charge is 0.411 e. The van der Waals surface area contributed by atoms with Crippen molar-refractivity contribution in [3.8, 4) is 0 Å². The van der Waals surface area contributed by atoms with Gasteiger partial charge in [0.05, 0.1) is 13.2 Å². The standard InChI is InChI=1S/C13H16N2O3/c1-7-12(8(2)16)10-6-9(15-13(17)18-3)4-5-11(10)14-7/h4-6,8,14,16H,1-3H3,(H,15,17). The molecule has 0 radical (unpaired) electrons. The minimum absolute atomic E-state index is 0.514. The Morgan fingerprint density at radius 1 is 1.50 bits per heavy atom. The predicted molar refractivity (Wildman–Crippen MR) is 69.7 cm³/mol. The molecule has 0 aliphatic rings. The molecule has 0 aliphatic heterocycles. The van der Waals surface area contributed by atoms with E-state index in [1.807, 2.05) is 19.1 Å². The number of carbonyl (C=O) groups is 1. The second kappa shape index (κ2) is 4.70. The average Bonchev–Trinajstić information content (AvgIpc) is 2.64. The second-order valence-corrected chi connectivity index (χ2v) is 4.22. The molecule has 1 heterocycles. The number of aromatic nitrogens is 1. The molecule has 18 heavy (non-hydrogen) atoms. The van der Waals surface area contributed by atoms with Gasteiger partial charge < -0.3 is 14.8 Å². The van der Waals surface area contributed by atoms with Crippen molar-refractivity contribution in [3.63, 3.8) is 0 Å². The average molecular weight is 248 g/mol. The number of amides is 1. The maximum Gasteiger partial charge on any atom is 0.411 e. The first-order valence-corrected chi connectivity index (χ1v) is 5.68. The molecule has 0 saturated carbocycles. The van der Waals surface area contributed by atoms with Crippen LogP contribution in [-0.2, 0) is 4.74 Å². The molecular formula is C13H16N2O3. The molecule has 1 amide bonds. The van der Waals surface area contributed by atoms with Crippen LogP contribution in [0.2, 0.25) is 0 Å². The number of carbonyl (C=O) groups excluding carboxylic acids is 1. The zero-order valence-corrected chi connectivity index (χ0v) is 10.6. The van der Waals surface area contributed by atoms with Gasteiger partial charge in [-0.05, 0) is 32.0 Å². The third-order valence-electron chi connectivity index (χ3n) is 2.89. The number of anilines is 1. The van der Waals surface area contributed by atoms with Crippen LogP contribution in [0.5, 0.6) is 0 Å². The fourth-order valence-electron chi connectivity index (χ4n) is 2.13. The number of aromatic amines is 1. The van der Waals surface area contributed by atoms with Crippen LogP contribution in [-0.4, -0.2) is 23.3 Å². The van der Waals surface area contributed by atoms with E-state index in [9.17, 15) is 9.90 Å². The molecule has 5 nitrogen and oxygen atoms in total. The van der Waals surface area contributed by atoms with Crippen molar-refractivity contribution in [1.82, 2.24) is 4.98 Å². The molecule has 1 aromatic carbocycles. The molecule has 0 aliphatic carbocycles. The Labute approximate surface area is 105 Å². The number of hydrogen-bond donors (Lipinski definition) is 3. The lowest BCUT2D eigenvalue weighted by Gasteiger charge is -2.06. The van der Waals surface area contributed by atoms with Crippen molar-refractivity contribution in [2.75, 3.05) is 12.4 Å². The number of fused-ring (bicyclic) bond motifs is 1. The van der Waals surface area contributed by atoms with Gasteiger partial charge in [-0.3, -0.25) is 5.32 Å². The highest BCUT2D eigenvalue weighted by Crippen LogP contribution is 2.29. The van der Waals surface area contributed by atoms with E-state index in [1.54, 1.807) is 13.0 Å². The van der Waals surface area contributed by atoms with E-state index in [1.165, 1.54) is 7.11 Å². The maximum atomic E-state index is 11.2. The Hall–Kier alpha value is -2.01. The summed E-state index contributed by atoms with van der Waals surface area (Å²) in [4.78, 5) is 14.3. The normalized spacial score (nSPS) is 12.4. The lowest BCUT2D eigenvalue weighted by molar-refractivity contribution is 0.187. The highest BCUT2D eigenvalue weighted by Gasteiger charge is 2.13. The molecule has 0 spiro atoms. The van der Waals surface area contributed by atoms with Gasteiger partial charge in [0, 0.05) is 27.8 Å². The van der Waals surface area contributed by atoms with Crippen LogP contribution < -0.4 is 5.32 Å². The van der Waals surface area contributed by atoms with Gasteiger partial charge in [-0.15, -0.1) is 0 Å². The summed E-state index contributed by atoms with van der Waals surface area (Å²) in [6, 6.07) is 5.46. The van der Waals surface area contributed by atoms with Crippen LogP contribution in [0.3, 0.4) is 0 Å². The summed E-state index contributed by atoms with van der Waals surface area (Å²) in [6.07, 6.45) is -1.08. The van der Waals surface area contributed by atoms with Gasteiger partial charge in [0.25, 0.3) is 0 Å². The van der Waals surface area contributed by atoms with Crippen LogP contribution in [0.4, 0.5) is 10.5 Å². The first-order chi connectivity index (χ1) is 8.52. The van der Waals surface area contributed by atoms with E-state index >= 15 is 0 Å². The molecule has 1 atom stereocenters. The number of ether oxygens (including phenoxy) is 1. The van der Waals surface area contributed by atoms with E-state index in [2.05, 4.69) is 15.0 Å². The minimum Gasteiger partial charge on any atom is -0.453 e. The third kappa shape index (κ3) is 2.17. The van der Waals surface area contributed by atoms with Crippen LogP contribution in [0, 0.1) is 6.92 Å². The Bertz CT molecular complexity index is 587. The van der Waals surface area contributed by atoms with Gasteiger partial charge in [-0.25, -0.2) is 4.79 Å². The molecular weight excluding hydrogens is 232 g/mol. The quantitative estimate of drug-likeness (QED) is 0.765. The summed E-state index contributed by atoms with van der Waals surface area (Å²) in [6.45, 7) is 3.63. The Kier molecular flexibility index (Phi) is 3.25. The zero-order chi connectivity index (χ0) is 13.3. The molecule has 2 rings (SSSR count). The first-order valence-electron chi connectivity index (χ1n) is 5.68. The predicted octanol–water partition coefficient (Wildman–Crippen LogP) is 2.71. The third-order valence-corrected chi connectivity index (χ3v) is 2.89. The van der Waals surface area contributed by atoms with E-state index in [0.717, 1.165) is 22.2 Å². The van der Waals surface area contributed by atoms with E-state index in [4.69, 9.17) is 0 Å². The minimum atomic E-state index is -0.563. The second-order valence-electron chi connectivity index (χ2n) is 4.22. The number of nitrogens with one attached hydrogen (secondary N) is 2. The van der Waals surface area contributed by atoms with Crippen molar-refractivity contribution in [3.05, 3.63) is 29.5 Å². The highest BCUT2D eigenvalue weighted by atomic mass is 16.5. The van der Waals surface area contributed by atoms with Crippen LogP contribution >= 0.6 is 0 Å². The Morgan fingerprint density at radius 3 is 2.83 bits per heavy atom. The largest absolute Gasteiger partial charge is 0.453 e. The first kappa shape index (κ1) is 12.4. The highest BCUT2D eigenvalue weighted by molar-refractivity contribution is 5.92. The molecule has 0 fully saturated rings. The number of H-pyrrole nitrogens is 1. The molecule has 3 N–H and O–H groups in total. The van der Waals surface area contributed by atoms with Gasteiger partial charge in [-0.2, -0.15) is 0 Å². The number of benzene rings is 1. The maximum absolute atomic E-state index is 11.2. The van der Waals surface area contributed by atoms with Crippen LogP contribution in [0.15, 0.2) is 18.2 Å². The van der Waals surface area contributed by atoms with Crippen molar-refractivity contribution in [2.45, 2.75) is 20.0 Å². The zero-order valence-electron chi connectivity index (χ0n) is 10.6. The van der Waals surface area contributed by atoms with Gasteiger partial charge in [0.15, 0.2) is 0 Å². The Balaban J connectivity index is 2.49. The lowest BCUT2D eigenvalue weighted by Crippen LogP contribution is -2.10. The number of rotatable bonds is 2. The topological polar surface area (TPSA) is 74.3 Å². The fraction of sp³-hybridized carbons (Fsp3) is 0.308. The molecule has 0 bridgehead atoms. The number of aliphatic hydroxyl groups excluding tert-OH is 1. The lowest BCUT2D eigenvalue weighted by atomic mass is 10.1. The number of aryl methyl sites for hydroxylation is 1. The van der Waals surface area contributed by atoms with Crippen LogP contribution in [0.25, 0.3) is 10.9 Å². The summed E-state index contributed by atoms with van der Waals surface area (Å²) in [5, 5.41) is 13.3. The van der Waals surface area contributed by atoms with E-state index in [-0.39, 0.29) is 0 Å².